The first kappa shape index (κ1) is 7.67. The summed E-state index contributed by atoms with van der Waals surface area (Å²) >= 11 is 0. The van der Waals surface area contributed by atoms with Crippen molar-refractivity contribution in [3.63, 3.8) is 0 Å². The highest BCUT2D eigenvalue weighted by molar-refractivity contribution is 5.82. The molecule has 0 aromatic carbocycles. The summed E-state index contributed by atoms with van der Waals surface area (Å²) in [6.07, 6.45) is 6.62. The van der Waals surface area contributed by atoms with Gasteiger partial charge in [-0.05, 0) is 18.9 Å². The molecule has 3 rings (SSSR count). The molecule has 2 aromatic rings. The number of nitrogens with zero attached hydrogens (tertiary/aromatic N) is 3. The van der Waals surface area contributed by atoms with Gasteiger partial charge in [-0.2, -0.15) is 0 Å². The Bertz CT molecular complexity index is 499. The molecule has 0 aliphatic heterocycles. The Morgan fingerprint density at radius 2 is 2.29 bits per heavy atom. The topological polar surface area (TPSA) is 47.8 Å². The number of carbonyl (C=O) groups is 1. The normalized spacial score (nSPS) is 16.0. The van der Waals surface area contributed by atoms with Crippen LogP contribution in [0.3, 0.4) is 0 Å². The number of hydrogen-bond acceptors (Lipinski definition) is 3. The van der Waals surface area contributed by atoms with Gasteiger partial charge in [-0.15, -0.1) is 0 Å². The predicted molar refractivity (Wildman–Crippen MR) is 51.2 cm³/mol. The fraction of sp³-hybridized carbons (Fsp3) is 0.300. The van der Waals surface area contributed by atoms with E-state index in [2.05, 4.69) is 14.5 Å². The number of hydrogen-bond donors (Lipinski definition) is 0. The number of aromatic nitrogens is 3. The number of carbonyl (C=O) groups excluding carboxylic acids is 1. The van der Waals surface area contributed by atoms with E-state index in [1.54, 1.807) is 12.3 Å². The molecule has 0 saturated heterocycles. The number of pyridine rings is 1. The van der Waals surface area contributed by atoms with Crippen LogP contribution >= 0.6 is 0 Å². The Labute approximate surface area is 80.6 Å². The summed E-state index contributed by atoms with van der Waals surface area (Å²) in [6, 6.07) is 2.35. The van der Waals surface area contributed by atoms with Crippen LogP contribution in [0, 0.1) is 0 Å². The van der Waals surface area contributed by atoms with Crippen molar-refractivity contribution < 1.29 is 4.79 Å². The molecule has 0 atom stereocenters. The minimum atomic E-state index is 0.578. The molecule has 0 N–H and O–H groups in total. The summed E-state index contributed by atoms with van der Waals surface area (Å²) in [5.74, 6) is 0. The first-order valence-corrected chi connectivity index (χ1v) is 4.66. The van der Waals surface area contributed by atoms with Gasteiger partial charge in [0, 0.05) is 17.8 Å². The summed E-state index contributed by atoms with van der Waals surface area (Å²) in [7, 11) is 0. The largest absolute Gasteiger partial charge is 0.312 e. The molecule has 1 aliphatic rings. The quantitative estimate of drug-likeness (QED) is 0.670. The van der Waals surface area contributed by atoms with Crippen LogP contribution in [0.25, 0.3) is 11.2 Å². The van der Waals surface area contributed by atoms with Gasteiger partial charge in [0.25, 0.3) is 0 Å². The molecule has 1 saturated carbocycles. The lowest BCUT2D eigenvalue weighted by atomic mass is 10.3. The van der Waals surface area contributed by atoms with E-state index in [9.17, 15) is 4.79 Å². The SMILES string of the molecule is O=Cc1cnc2c(c1)ncn2C1CC1. The second kappa shape index (κ2) is 2.64. The van der Waals surface area contributed by atoms with Crippen LogP contribution in [0.4, 0.5) is 0 Å². The van der Waals surface area contributed by atoms with E-state index in [4.69, 9.17) is 0 Å². The third-order valence-electron chi connectivity index (χ3n) is 2.51. The van der Waals surface area contributed by atoms with Crippen LogP contribution in [-0.2, 0) is 0 Å². The lowest BCUT2D eigenvalue weighted by molar-refractivity contribution is 0.112. The Hall–Kier alpha value is -1.71. The van der Waals surface area contributed by atoms with Gasteiger partial charge < -0.3 is 4.57 Å². The molecule has 0 bridgehead atoms. The zero-order chi connectivity index (χ0) is 9.54. The van der Waals surface area contributed by atoms with Crippen molar-refractivity contribution in [2.24, 2.45) is 0 Å². The summed E-state index contributed by atoms with van der Waals surface area (Å²) in [5.41, 5.74) is 2.28. The molecule has 70 valence electrons. The first-order chi connectivity index (χ1) is 6.88. The van der Waals surface area contributed by atoms with Crippen molar-refractivity contribution in [3.05, 3.63) is 24.2 Å². The smallest absolute Gasteiger partial charge is 0.160 e. The van der Waals surface area contributed by atoms with E-state index in [1.165, 1.54) is 12.8 Å². The van der Waals surface area contributed by atoms with Crippen LogP contribution in [0.15, 0.2) is 18.6 Å². The molecule has 0 spiro atoms. The third kappa shape index (κ3) is 1.04. The standard InChI is InChI=1S/C10H9N3O/c14-5-7-3-9-10(11-4-7)13(6-12-9)8-1-2-8/h3-6,8H,1-2H2. The van der Waals surface area contributed by atoms with E-state index in [-0.39, 0.29) is 0 Å². The van der Waals surface area contributed by atoms with Gasteiger partial charge in [0.05, 0.1) is 6.33 Å². The van der Waals surface area contributed by atoms with Crippen LogP contribution in [0.1, 0.15) is 29.2 Å². The average Bonchev–Trinajstić information content (AvgIpc) is 2.98. The van der Waals surface area contributed by atoms with Gasteiger partial charge in [0.2, 0.25) is 0 Å². The predicted octanol–water partition coefficient (Wildman–Crippen LogP) is 1.58. The van der Waals surface area contributed by atoms with E-state index >= 15 is 0 Å². The molecule has 1 fully saturated rings. The van der Waals surface area contributed by atoms with Crippen LogP contribution in [0.5, 0.6) is 0 Å². The minimum Gasteiger partial charge on any atom is -0.312 e. The van der Waals surface area contributed by atoms with Gasteiger partial charge >= 0.3 is 0 Å². The highest BCUT2D eigenvalue weighted by Crippen LogP contribution is 2.36. The summed E-state index contributed by atoms with van der Waals surface area (Å²) < 4.78 is 2.09. The fourth-order valence-electron chi connectivity index (χ4n) is 1.62. The van der Waals surface area contributed by atoms with Gasteiger partial charge in [-0.25, -0.2) is 9.97 Å². The van der Waals surface area contributed by atoms with Gasteiger partial charge in [-0.3, -0.25) is 4.79 Å². The van der Waals surface area contributed by atoms with E-state index in [0.29, 0.717) is 11.6 Å². The second-order valence-electron chi connectivity index (χ2n) is 3.61. The number of imidazole rings is 1. The molecule has 0 radical (unpaired) electrons. The Morgan fingerprint density at radius 3 is 3.00 bits per heavy atom. The highest BCUT2D eigenvalue weighted by Gasteiger charge is 2.25. The molecule has 4 heteroatoms. The van der Waals surface area contributed by atoms with Crippen molar-refractivity contribution in [3.8, 4) is 0 Å². The summed E-state index contributed by atoms with van der Waals surface area (Å²) in [4.78, 5) is 19.0. The van der Waals surface area contributed by atoms with E-state index < -0.39 is 0 Å². The molecule has 0 amide bonds. The Balaban J connectivity index is 2.21. The van der Waals surface area contributed by atoms with Gasteiger partial charge in [-0.1, -0.05) is 0 Å². The van der Waals surface area contributed by atoms with Crippen LogP contribution < -0.4 is 0 Å². The third-order valence-corrected chi connectivity index (χ3v) is 2.51. The molecular formula is C10H9N3O. The molecule has 14 heavy (non-hydrogen) atoms. The minimum absolute atomic E-state index is 0.578. The molecular weight excluding hydrogens is 178 g/mol. The maximum Gasteiger partial charge on any atom is 0.160 e. The Morgan fingerprint density at radius 1 is 1.43 bits per heavy atom. The van der Waals surface area contributed by atoms with Crippen molar-refractivity contribution in [1.29, 1.82) is 0 Å². The van der Waals surface area contributed by atoms with Crippen molar-refractivity contribution in [1.82, 2.24) is 14.5 Å². The number of fused-ring (bicyclic) bond motifs is 1. The van der Waals surface area contributed by atoms with Crippen molar-refractivity contribution in [2.75, 3.05) is 0 Å². The summed E-state index contributed by atoms with van der Waals surface area (Å²) in [6.45, 7) is 0. The average molecular weight is 187 g/mol. The molecule has 2 aromatic heterocycles. The van der Waals surface area contributed by atoms with Crippen LogP contribution in [0.2, 0.25) is 0 Å². The molecule has 0 unspecified atom stereocenters. The van der Waals surface area contributed by atoms with Crippen molar-refractivity contribution >= 4 is 17.5 Å². The maximum absolute atomic E-state index is 10.5. The lowest BCUT2D eigenvalue weighted by Gasteiger charge is -1.98. The zero-order valence-corrected chi connectivity index (χ0v) is 7.55. The Kier molecular flexibility index (Phi) is 1.45. The second-order valence-corrected chi connectivity index (χ2v) is 3.61. The van der Waals surface area contributed by atoms with Gasteiger partial charge in [0.1, 0.15) is 5.52 Å². The van der Waals surface area contributed by atoms with E-state index in [1.807, 2.05) is 6.33 Å². The lowest BCUT2D eigenvalue weighted by Crippen LogP contribution is -1.93. The molecule has 4 nitrogen and oxygen atoms in total. The number of aldehydes is 1. The van der Waals surface area contributed by atoms with Gasteiger partial charge in [0.15, 0.2) is 11.9 Å². The fourth-order valence-corrected chi connectivity index (χ4v) is 1.62. The summed E-state index contributed by atoms with van der Waals surface area (Å²) in [5, 5.41) is 0. The zero-order valence-electron chi connectivity index (χ0n) is 7.55. The molecule has 1 aliphatic carbocycles. The monoisotopic (exact) mass is 187 g/mol. The highest BCUT2D eigenvalue weighted by atomic mass is 16.1. The molecule has 2 heterocycles. The van der Waals surface area contributed by atoms with Crippen LogP contribution in [-0.4, -0.2) is 20.8 Å². The van der Waals surface area contributed by atoms with E-state index in [0.717, 1.165) is 17.5 Å². The maximum atomic E-state index is 10.5. The first-order valence-electron chi connectivity index (χ1n) is 4.66. The number of rotatable bonds is 2. The van der Waals surface area contributed by atoms with Crippen molar-refractivity contribution in [2.45, 2.75) is 18.9 Å².